The lowest BCUT2D eigenvalue weighted by atomic mass is 9.87. The molecule has 8 nitrogen and oxygen atoms in total. The first-order valence-electron chi connectivity index (χ1n) is 10.9. The van der Waals surface area contributed by atoms with Gasteiger partial charge in [0, 0.05) is 37.8 Å². The number of rotatable bonds is 6. The molecule has 0 radical (unpaired) electrons. The fraction of sp³-hybridized carbons (Fsp3) is 0.545. The maximum Gasteiger partial charge on any atom is 0.257 e. The van der Waals surface area contributed by atoms with Gasteiger partial charge in [-0.3, -0.25) is 14.5 Å². The molecule has 172 valence electrons. The first-order chi connectivity index (χ1) is 15.3. The second-order valence-corrected chi connectivity index (χ2v) is 8.49. The van der Waals surface area contributed by atoms with Crippen LogP contribution in [-0.4, -0.2) is 57.1 Å². The lowest BCUT2D eigenvalue weighted by Crippen LogP contribution is -2.52. The summed E-state index contributed by atoms with van der Waals surface area (Å²) in [4.78, 5) is 28.2. The van der Waals surface area contributed by atoms with Crippen LogP contribution >= 0.6 is 0 Å². The van der Waals surface area contributed by atoms with Gasteiger partial charge >= 0.3 is 0 Å². The van der Waals surface area contributed by atoms with Gasteiger partial charge in [0.25, 0.3) is 5.92 Å². The maximum absolute atomic E-state index is 14.6. The van der Waals surface area contributed by atoms with Crippen LogP contribution in [0.4, 0.5) is 14.6 Å². The normalized spacial score (nSPS) is 22.4. The number of amides is 1. The van der Waals surface area contributed by atoms with Crippen molar-refractivity contribution in [1.29, 1.82) is 0 Å². The van der Waals surface area contributed by atoms with Gasteiger partial charge in [-0.2, -0.15) is 0 Å². The van der Waals surface area contributed by atoms with E-state index in [1.54, 1.807) is 24.0 Å². The highest BCUT2D eigenvalue weighted by atomic mass is 19.3. The van der Waals surface area contributed by atoms with E-state index >= 15 is 0 Å². The second-order valence-electron chi connectivity index (χ2n) is 8.49. The van der Waals surface area contributed by atoms with E-state index in [0.29, 0.717) is 11.4 Å². The molecule has 1 saturated carbocycles. The van der Waals surface area contributed by atoms with Crippen molar-refractivity contribution in [3.8, 4) is 5.88 Å². The summed E-state index contributed by atoms with van der Waals surface area (Å²) in [5.41, 5.74) is -0.00567. The Labute approximate surface area is 184 Å². The number of piperidine rings is 1. The first kappa shape index (κ1) is 22.3. The Bertz CT molecular complexity index is 971. The van der Waals surface area contributed by atoms with E-state index in [2.05, 4.69) is 20.5 Å². The summed E-state index contributed by atoms with van der Waals surface area (Å²) in [6, 6.07) is 5.29. The van der Waals surface area contributed by atoms with Crippen LogP contribution in [0.25, 0.3) is 0 Å². The Hall–Kier alpha value is -2.88. The smallest absolute Gasteiger partial charge is 0.257 e. The number of aromatic amines is 1. The van der Waals surface area contributed by atoms with Crippen LogP contribution in [0.5, 0.6) is 5.88 Å². The Morgan fingerprint density at radius 3 is 2.69 bits per heavy atom. The van der Waals surface area contributed by atoms with Crippen molar-refractivity contribution in [2.45, 2.75) is 63.0 Å². The van der Waals surface area contributed by atoms with Crippen LogP contribution in [0, 0.1) is 0 Å². The molecule has 0 bridgehead atoms. The van der Waals surface area contributed by atoms with Crippen molar-refractivity contribution < 1.29 is 18.3 Å². The summed E-state index contributed by atoms with van der Waals surface area (Å²) < 4.78 is 34.9. The number of hydrogen-bond donors (Lipinski definition) is 2. The molecule has 1 aliphatic carbocycles. The highest BCUT2D eigenvalue weighted by molar-refractivity contribution is 5.93. The average molecular weight is 447 g/mol. The van der Waals surface area contributed by atoms with Crippen LogP contribution < -0.4 is 15.6 Å². The fourth-order valence-corrected chi connectivity index (χ4v) is 4.29. The lowest BCUT2D eigenvalue weighted by molar-refractivity contribution is -0.125. The molecule has 2 N–H and O–H groups in total. The molecule has 0 spiro atoms. The predicted molar refractivity (Wildman–Crippen MR) is 114 cm³/mol. The highest BCUT2D eigenvalue weighted by Crippen LogP contribution is 2.40. The number of carbonyl (C=O) groups is 1. The highest BCUT2D eigenvalue weighted by Gasteiger charge is 2.46. The molecule has 1 aliphatic heterocycles. The molecule has 2 atom stereocenters. The van der Waals surface area contributed by atoms with Gasteiger partial charge in [-0.1, -0.05) is 6.07 Å². The lowest BCUT2D eigenvalue weighted by Gasteiger charge is -2.40. The largest absolute Gasteiger partial charge is 0.473 e. The van der Waals surface area contributed by atoms with E-state index in [0.717, 1.165) is 25.7 Å². The SMILES string of the molecule is CC(C(=O)Nc1ccc(OC2CCCC2)nn1)N1CCC(F)(F)C(c2ccc(=O)[nH]c2)C1. The minimum atomic E-state index is -2.93. The Balaban J connectivity index is 1.37. The molecule has 1 amide bonds. The number of aromatic nitrogens is 3. The molecular formula is C22H27F2N5O3. The number of ether oxygens (including phenoxy) is 1. The Morgan fingerprint density at radius 1 is 1.25 bits per heavy atom. The number of alkyl halides is 2. The average Bonchev–Trinajstić information content (AvgIpc) is 3.28. The van der Waals surface area contributed by atoms with Gasteiger partial charge in [0.05, 0.1) is 12.0 Å². The standard InChI is InChI=1S/C22H27F2N5O3/c1-14(21(31)26-18-7-9-20(28-27-18)32-16-4-2-3-5-16)29-11-10-22(23,24)17(13-29)15-6-8-19(30)25-12-15/h6-9,12,14,16-17H,2-5,10-11,13H2,1H3,(H,25,30)(H,26,27,31). The second kappa shape index (κ2) is 9.32. The maximum atomic E-state index is 14.6. The number of pyridine rings is 1. The van der Waals surface area contributed by atoms with Gasteiger partial charge in [-0.25, -0.2) is 8.78 Å². The molecule has 4 rings (SSSR count). The zero-order valence-corrected chi connectivity index (χ0v) is 17.9. The number of carbonyl (C=O) groups excluding carboxylic acids is 1. The van der Waals surface area contributed by atoms with Gasteiger partial charge in [0.2, 0.25) is 17.3 Å². The number of hydrogen-bond acceptors (Lipinski definition) is 6. The molecule has 1 saturated heterocycles. The summed E-state index contributed by atoms with van der Waals surface area (Å²) >= 11 is 0. The van der Waals surface area contributed by atoms with Crippen molar-refractivity contribution in [3.63, 3.8) is 0 Å². The van der Waals surface area contributed by atoms with E-state index in [4.69, 9.17) is 4.74 Å². The summed E-state index contributed by atoms with van der Waals surface area (Å²) in [6.45, 7) is 1.75. The van der Waals surface area contributed by atoms with E-state index in [9.17, 15) is 18.4 Å². The van der Waals surface area contributed by atoms with Crippen LogP contribution in [0.3, 0.4) is 0 Å². The number of H-pyrrole nitrogens is 1. The zero-order chi connectivity index (χ0) is 22.7. The predicted octanol–water partition coefficient (Wildman–Crippen LogP) is 2.94. The minimum absolute atomic E-state index is 0.00647. The Morgan fingerprint density at radius 2 is 2.03 bits per heavy atom. The van der Waals surface area contributed by atoms with Crippen LogP contribution in [0.2, 0.25) is 0 Å². The molecule has 2 fully saturated rings. The summed E-state index contributed by atoms with van der Waals surface area (Å²) in [6.07, 6.45) is 5.42. The quantitative estimate of drug-likeness (QED) is 0.706. The van der Waals surface area contributed by atoms with Crippen molar-refractivity contribution in [2.24, 2.45) is 0 Å². The van der Waals surface area contributed by atoms with Crippen molar-refractivity contribution in [1.82, 2.24) is 20.1 Å². The minimum Gasteiger partial charge on any atom is -0.473 e. The summed E-state index contributed by atoms with van der Waals surface area (Å²) in [5, 5.41) is 10.7. The third-order valence-electron chi connectivity index (χ3n) is 6.28. The molecule has 2 aliphatic rings. The molecule has 32 heavy (non-hydrogen) atoms. The van der Waals surface area contributed by atoms with Crippen LogP contribution in [-0.2, 0) is 4.79 Å². The Kier molecular flexibility index (Phi) is 6.50. The van der Waals surface area contributed by atoms with Gasteiger partial charge in [-0.05, 0) is 44.2 Å². The monoisotopic (exact) mass is 447 g/mol. The first-order valence-corrected chi connectivity index (χ1v) is 10.9. The molecule has 3 heterocycles. The van der Waals surface area contributed by atoms with Gasteiger partial charge in [0.15, 0.2) is 5.82 Å². The number of nitrogens with one attached hydrogen (secondary N) is 2. The summed E-state index contributed by atoms with van der Waals surface area (Å²) in [7, 11) is 0. The molecule has 2 aromatic rings. The number of halogens is 2. The number of likely N-dealkylation sites (tertiary alicyclic amines) is 1. The molecular weight excluding hydrogens is 420 g/mol. The zero-order valence-electron chi connectivity index (χ0n) is 17.9. The third-order valence-corrected chi connectivity index (χ3v) is 6.28. The van der Waals surface area contributed by atoms with Crippen LogP contribution in [0.1, 0.15) is 50.5 Å². The van der Waals surface area contributed by atoms with E-state index < -0.39 is 17.9 Å². The van der Waals surface area contributed by atoms with Gasteiger partial charge in [0.1, 0.15) is 6.10 Å². The van der Waals surface area contributed by atoms with Crippen molar-refractivity contribution in [3.05, 3.63) is 46.4 Å². The molecule has 10 heteroatoms. The van der Waals surface area contributed by atoms with Crippen molar-refractivity contribution in [2.75, 3.05) is 18.4 Å². The van der Waals surface area contributed by atoms with Crippen LogP contribution in [0.15, 0.2) is 35.3 Å². The summed E-state index contributed by atoms with van der Waals surface area (Å²) in [5.74, 6) is -3.69. The van der Waals surface area contributed by atoms with Gasteiger partial charge in [-0.15, -0.1) is 10.2 Å². The number of anilines is 1. The number of nitrogens with zero attached hydrogens (tertiary/aromatic N) is 3. The van der Waals surface area contributed by atoms with Gasteiger partial charge < -0.3 is 15.0 Å². The molecule has 0 aromatic carbocycles. The van der Waals surface area contributed by atoms with E-state index in [-0.39, 0.29) is 42.9 Å². The van der Waals surface area contributed by atoms with Crippen molar-refractivity contribution >= 4 is 11.7 Å². The van der Waals surface area contributed by atoms with E-state index in [1.165, 1.54) is 18.3 Å². The third kappa shape index (κ3) is 5.12. The topological polar surface area (TPSA) is 100 Å². The van der Waals surface area contributed by atoms with E-state index in [1.807, 2.05) is 0 Å². The fourth-order valence-electron chi connectivity index (χ4n) is 4.29. The molecule has 2 unspecified atom stereocenters. The molecule has 2 aromatic heterocycles.